The maximum Gasteiger partial charge on any atom is 0.451 e. The summed E-state index contributed by atoms with van der Waals surface area (Å²) in [6, 6.07) is 1.98. The van der Waals surface area contributed by atoms with Crippen molar-refractivity contribution in [2.24, 2.45) is 0 Å². The zero-order valence-electron chi connectivity index (χ0n) is 14.8. The van der Waals surface area contributed by atoms with Crippen molar-refractivity contribution >= 4 is 5.91 Å². The number of fused-ring (bicyclic) bond motifs is 1. The summed E-state index contributed by atoms with van der Waals surface area (Å²) in [4.78, 5) is 13.6. The van der Waals surface area contributed by atoms with E-state index >= 15 is 0 Å². The van der Waals surface area contributed by atoms with Crippen LogP contribution < -0.4 is 0 Å². The van der Waals surface area contributed by atoms with Crippen LogP contribution in [0.15, 0.2) is 12.1 Å². The molecule has 1 aliphatic heterocycles. The Morgan fingerprint density at radius 1 is 1.21 bits per heavy atom. The number of aliphatic hydroxyl groups excluding tert-OH is 1. The predicted octanol–water partition coefficient (Wildman–Crippen LogP) is 2.22. The maximum atomic E-state index is 13.9. The van der Waals surface area contributed by atoms with E-state index in [0.29, 0.717) is 0 Å². The minimum absolute atomic E-state index is 0.00642. The van der Waals surface area contributed by atoms with E-state index in [1.807, 2.05) is 0 Å². The summed E-state index contributed by atoms with van der Waals surface area (Å²) in [5, 5.41) is 16.7. The number of carbonyl (C=O) groups is 1. The van der Waals surface area contributed by atoms with Crippen molar-refractivity contribution in [1.82, 2.24) is 19.7 Å². The van der Waals surface area contributed by atoms with Gasteiger partial charge in [0.15, 0.2) is 5.82 Å². The van der Waals surface area contributed by atoms with Crippen LogP contribution in [0.4, 0.5) is 22.0 Å². The van der Waals surface area contributed by atoms with Crippen molar-refractivity contribution in [3.8, 4) is 0 Å². The summed E-state index contributed by atoms with van der Waals surface area (Å²) in [5.74, 6) is -2.95. The number of aromatic nitrogens is 3. The molecule has 0 saturated heterocycles. The van der Waals surface area contributed by atoms with Crippen LogP contribution in [0.3, 0.4) is 0 Å². The number of aliphatic hydroxyl groups is 1. The molecule has 152 valence electrons. The highest BCUT2D eigenvalue weighted by Crippen LogP contribution is 2.29. The molecule has 11 heteroatoms. The highest BCUT2D eigenvalue weighted by molar-refractivity contribution is 5.76. The second-order valence-corrected chi connectivity index (χ2v) is 6.66. The lowest BCUT2D eigenvalue weighted by molar-refractivity contribution is -0.148. The third-order valence-corrected chi connectivity index (χ3v) is 4.55. The molecule has 6 nitrogen and oxygen atoms in total. The standard InChI is InChI=1S/C17H17F5N4O2/c1-9-4-13(19)10(6-12(9)18)5-11(27)7-15(28)25-2-3-26-14(8-25)23-24-16(26)17(20,21)22/h4,6,11,27H,2-3,5,7-8H2,1H3. The average Bonchev–Trinajstić information content (AvgIpc) is 3.03. The molecule has 1 atom stereocenters. The third kappa shape index (κ3) is 4.13. The molecule has 0 saturated carbocycles. The first-order valence-electron chi connectivity index (χ1n) is 8.46. The quantitative estimate of drug-likeness (QED) is 0.794. The van der Waals surface area contributed by atoms with Crippen LogP contribution in [0.5, 0.6) is 0 Å². The van der Waals surface area contributed by atoms with E-state index in [0.717, 1.165) is 16.7 Å². The molecule has 0 spiro atoms. The number of hydrogen-bond donors (Lipinski definition) is 1. The van der Waals surface area contributed by atoms with Gasteiger partial charge < -0.3 is 14.6 Å². The van der Waals surface area contributed by atoms with Gasteiger partial charge in [-0.3, -0.25) is 4.79 Å². The van der Waals surface area contributed by atoms with Crippen LogP contribution in [-0.4, -0.2) is 43.3 Å². The molecule has 1 N–H and O–H groups in total. The van der Waals surface area contributed by atoms with Gasteiger partial charge in [0.1, 0.15) is 11.6 Å². The van der Waals surface area contributed by atoms with Crippen LogP contribution in [0.1, 0.15) is 29.2 Å². The molecule has 2 aromatic rings. The van der Waals surface area contributed by atoms with E-state index in [1.54, 1.807) is 0 Å². The Morgan fingerprint density at radius 3 is 2.61 bits per heavy atom. The summed E-state index contributed by atoms with van der Waals surface area (Å²) in [6.07, 6.45) is -6.55. The minimum atomic E-state index is -4.64. The Balaban J connectivity index is 1.63. The van der Waals surface area contributed by atoms with Crippen LogP contribution in [-0.2, 0) is 30.5 Å². The normalized spacial score (nSPS) is 15.5. The van der Waals surface area contributed by atoms with Gasteiger partial charge in [-0.05, 0) is 30.2 Å². The fraction of sp³-hybridized carbons (Fsp3) is 0.471. The summed E-state index contributed by atoms with van der Waals surface area (Å²) in [7, 11) is 0. The number of alkyl halides is 3. The summed E-state index contributed by atoms with van der Waals surface area (Å²) in [6.45, 7) is 1.09. The zero-order chi connectivity index (χ0) is 20.6. The highest BCUT2D eigenvalue weighted by Gasteiger charge is 2.40. The molecule has 2 heterocycles. The zero-order valence-corrected chi connectivity index (χ0v) is 14.8. The Kier molecular flexibility index (Phi) is 5.37. The summed E-state index contributed by atoms with van der Waals surface area (Å²) < 4.78 is 66.8. The number of halogens is 5. The molecule has 0 fully saturated rings. The Labute approximate surface area is 156 Å². The molecule has 1 aromatic heterocycles. The predicted molar refractivity (Wildman–Crippen MR) is 85.9 cm³/mol. The van der Waals surface area contributed by atoms with E-state index < -0.39 is 35.6 Å². The molecule has 1 amide bonds. The van der Waals surface area contributed by atoms with Gasteiger partial charge in [0.25, 0.3) is 0 Å². The molecule has 1 aromatic carbocycles. The van der Waals surface area contributed by atoms with Crippen molar-refractivity contribution in [2.75, 3.05) is 6.54 Å². The number of aryl methyl sites for hydroxylation is 1. The van der Waals surface area contributed by atoms with Crippen molar-refractivity contribution < 1.29 is 31.9 Å². The fourth-order valence-corrected chi connectivity index (χ4v) is 3.08. The smallest absolute Gasteiger partial charge is 0.392 e. The van der Waals surface area contributed by atoms with Gasteiger partial charge >= 0.3 is 6.18 Å². The molecule has 0 bridgehead atoms. The topological polar surface area (TPSA) is 71.2 Å². The molecule has 0 radical (unpaired) electrons. The van der Waals surface area contributed by atoms with E-state index in [2.05, 4.69) is 10.2 Å². The first-order chi connectivity index (χ1) is 13.1. The number of benzene rings is 1. The number of hydrogen-bond acceptors (Lipinski definition) is 4. The first kappa shape index (κ1) is 20.2. The van der Waals surface area contributed by atoms with Gasteiger partial charge in [-0.1, -0.05) is 0 Å². The SMILES string of the molecule is Cc1cc(F)c(CC(O)CC(=O)N2CCn3c(nnc3C(F)(F)F)C2)cc1F. The first-order valence-corrected chi connectivity index (χ1v) is 8.46. The number of nitrogens with zero attached hydrogens (tertiary/aromatic N) is 4. The van der Waals surface area contributed by atoms with Crippen LogP contribution in [0.2, 0.25) is 0 Å². The van der Waals surface area contributed by atoms with Crippen LogP contribution in [0.25, 0.3) is 0 Å². The van der Waals surface area contributed by atoms with Gasteiger partial charge in [-0.2, -0.15) is 13.2 Å². The molecule has 0 aliphatic carbocycles. The second-order valence-electron chi connectivity index (χ2n) is 6.66. The lowest BCUT2D eigenvalue weighted by Crippen LogP contribution is -2.40. The molecule has 3 rings (SSSR count). The molecular formula is C17H17F5N4O2. The van der Waals surface area contributed by atoms with Gasteiger partial charge in [0, 0.05) is 19.5 Å². The largest absolute Gasteiger partial charge is 0.451 e. The highest BCUT2D eigenvalue weighted by atomic mass is 19.4. The Hall–Kier alpha value is -2.56. The average molecular weight is 404 g/mol. The van der Waals surface area contributed by atoms with Crippen molar-refractivity contribution in [3.05, 3.63) is 46.5 Å². The van der Waals surface area contributed by atoms with Crippen molar-refractivity contribution in [2.45, 2.75) is 45.1 Å². The molecule has 1 unspecified atom stereocenters. The van der Waals surface area contributed by atoms with Crippen molar-refractivity contribution in [3.63, 3.8) is 0 Å². The summed E-state index contributed by atoms with van der Waals surface area (Å²) >= 11 is 0. The van der Waals surface area contributed by atoms with E-state index in [1.165, 1.54) is 11.8 Å². The maximum absolute atomic E-state index is 13.9. The second kappa shape index (κ2) is 7.46. The van der Waals surface area contributed by atoms with Crippen molar-refractivity contribution in [1.29, 1.82) is 0 Å². The van der Waals surface area contributed by atoms with Gasteiger partial charge in [-0.25, -0.2) is 8.78 Å². The molecular weight excluding hydrogens is 387 g/mol. The fourth-order valence-electron chi connectivity index (χ4n) is 3.08. The van der Waals surface area contributed by atoms with E-state index in [-0.39, 0.29) is 49.4 Å². The third-order valence-electron chi connectivity index (χ3n) is 4.55. The monoisotopic (exact) mass is 404 g/mol. The Morgan fingerprint density at radius 2 is 1.93 bits per heavy atom. The van der Waals surface area contributed by atoms with Gasteiger partial charge in [-0.15, -0.1) is 10.2 Å². The lowest BCUT2D eigenvalue weighted by Gasteiger charge is -2.28. The summed E-state index contributed by atoms with van der Waals surface area (Å²) in [5.41, 5.74) is 0.0686. The molecule has 28 heavy (non-hydrogen) atoms. The van der Waals surface area contributed by atoms with E-state index in [4.69, 9.17) is 0 Å². The Bertz CT molecular complexity index is 896. The van der Waals surface area contributed by atoms with Crippen LogP contribution in [0, 0.1) is 18.6 Å². The minimum Gasteiger partial charge on any atom is -0.392 e. The van der Waals surface area contributed by atoms with E-state index in [9.17, 15) is 31.9 Å². The molecule has 1 aliphatic rings. The van der Waals surface area contributed by atoms with Gasteiger partial charge in [0.2, 0.25) is 11.7 Å². The van der Waals surface area contributed by atoms with Gasteiger partial charge in [0.05, 0.1) is 19.1 Å². The lowest BCUT2D eigenvalue weighted by atomic mass is 10.0. The van der Waals surface area contributed by atoms with Crippen LogP contribution >= 0.6 is 0 Å². The number of carbonyl (C=O) groups excluding carboxylic acids is 1. The number of amides is 1. The number of rotatable bonds is 4.